The third-order valence-electron chi connectivity index (χ3n) is 3.43. The first-order valence-electron chi connectivity index (χ1n) is 7.00. The number of hydrogen-bond acceptors (Lipinski definition) is 4. The van der Waals surface area contributed by atoms with Crippen molar-refractivity contribution in [2.45, 2.75) is 25.5 Å². The van der Waals surface area contributed by atoms with Crippen molar-refractivity contribution in [2.24, 2.45) is 0 Å². The van der Waals surface area contributed by atoms with Crippen LogP contribution in [-0.2, 0) is 9.53 Å². The minimum absolute atomic E-state index is 0.00822. The van der Waals surface area contributed by atoms with E-state index in [0.29, 0.717) is 18.9 Å². The molecule has 1 aromatic carbocycles. The van der Waals surface area contributed by atoms with Crippen LogP contribution >= 0.6 is 0 Å². The number of benzene rings is 1. The first-order chi connectivity index (χ1) is 10.1. The van der Waals surface area contributed by atoms with Crippen LogP contribution in [0.1, 0.15) is 13.3 Å². The molecule has 21 heavy (non-hydrogen) atoms. The Kier molecular flexibility index (Phi) is 5.52. The molecule has 1 aromatic rings. The number of amides is 1. The van der Waals surface area contributed by atoms with Crippen LogP contribution in [-0.4, -0.2) is 54.4 Å². The standard InChI is InChI=1S/C15H20FNO4/c1-11-10-21-14(9-18)8-17(11)15(19)6-7-20-13-4-2-12(16)3-5-13/h2-5,11,14,18H,6-10H2,1H3. The maximum atomic E-state index is 12.7. The second-order valence-corrected chi connectivity index (χ2v) is 5.09. The molecule has 0 bridgehead atoms. The molecule has 0 spiro atoms. The molecule has 1 amide bonds. The largest absolute Gasteiger partial charge is 0.493 e. The highest BCUT2D eigenvalue weighted by Crippen LogP contribution is 2.14. The van der Waals surface area contributed by atoms with Gasteiger partial charge in [0.2, 0.25) is 5.91 Å². The molecule has 1 heterocycles. The van der Waals surface area contributed by atoms with Gasteiger partial charge in [0, 0.05) is 6.54 Å². The minimum Gasteiger partial charge on any atom is -0.493 e. The average molecular weight is 297 g/mol. The molecule has 6 heteroatoms. The Hall–Kier alpha value is -1.66. The zero-order chi connectivity index (χ0) is 15.2. The fourth-order valence-corrected chi connectivity index (χ4v) is 2.21. The van der Waals surface area contributed by atoms with Crippen molar-refractivity contribution in [3.63, 3.8) is 0 Å². The Bertz CT molecular complexity index is 465. The summed E-state index contributed by atoms with van der Waals surface area (Å²) < 4.78 is 23.6. The van der Waals surface area contributed by atoms with E-state index in [-0.39, 0.29) is 43.5 Å². The van der Waals surface area contributed by atoms with Gasteiger partial charge >= 0.3 is 0 Å². The fourth-order valence-electron chi connectivity index (χ4n) is 2.21. The van der Waals surface area contributed by atoms with Crippen molar-refractivity contribution in [1.82, 2.24) is 4.90 Å². The number of aliphatic hydroxyl groups is 1. The summed E-state index contributed by atoms with van der Waals surface area (Å²) >= 11 is 0. The molecule has 1 fully saturated rings. The summed E-state index contributed by atoms with van der Waals surface area (Å²) in [6, 6.07) is 5.67. The number of aliphatic hydroxyl groups excluding tert-OH is 1. The number of rotatable bonds is 5. The van der Waals surface area contributed by atoms with Gasteiger partial charge in [-0.3, -0.25) is 4.79 Å². The molecule has 2 atom stereocenters. The van der Waals surface area contributed by atoms with Crippen LogP contribution < -0.4 is 4.74 Å². The number of nitrogens with zero attached hydrogens (tertiary/aromatic N) is 1. The van der Waals surface area contributed by atoms with E-state index < -0.39 is 0 Å². The molecule has 2 rings (SSSR count). The highest BCUT2D eigenvalue weighted by Gasteiger charge is 2.28. The van der Waals surface area contributed by atoms with Gasteiger partial charge in [0.05, 0.1) is 38.4 Å². The molecule has 116 valence electrons. The molecule has 1 N–H and O–H groups in total. The predicted octanol–water partition coefficient (Wildman–Crippen LogP) is 1.20. The number of ether oxygens (including phenoxy) is 2. The fraction of sp³-hybridized carbons (Fsp3) is 0.533. The van der Waals surface area contributed by atoms with Crippen molar-refractivity contribution in [1.29, 1.82) is 0 Å². The summed E-state index contributed by atoms with van der Waals surface area (Å²) in [5.41, 5.74) is 0. The Morgan fingerprint density at radius 1 is 1.48 bits per heavy atom. The Labute approximate surface area is 123 Å². The van der Waals surface area contributed by atoms with Crippen molar-refractivity contribution < 1.29 is 23.8 Å². The molecular formula is C15H20FNO4. The number of hydrogen-bond donors (Lipinski definition) is 1. The van der Waals surface area contributed by atoms with E-state index in [1.807, 2.05) is 6.92 Å². The van der Waals surface area contributed by atoms with Gasteiger partial charge < -0.3 is 19.5 Å². The van der Waals surface area contributed by atoms with Crippen LogP contribution in [0.4, 0.5) is 4.39 Å². The molecule has 0 aromatic heterocycles. The van der Waals surface area contributed by atoms with Gasteiger partial charge in [-0.1, -0.05) is 0 Å². The first kappa shape index (κ1) is 15.7. The lowest BCUT2D eigenvalue weighted by molar-refractivity contribution is -0.146. The highest BCUT2D eigenvalue weighted by atomic mass is 19.1. The minimum atomic E-state index is -0.324. The van der Waals surface area contributed by atoms with E-state index in [4.69, 9.17) is 14.6 Å². The van der Waals surface area contributed by atoms with E-state index in [9.17, 15) is 9.18 Å². The summed E-state index contributed by atoms with van der Waals surface area (Å²) in [7, 11) is 0. The van der Waals surface area contributed by atoms with Crippen LogP contribution in [0.3, 0.4) is 0 Å². The van der Waals surface area contributed by atoms with Crippen molar-refractivity contribution in [3.05, 3.63) is 30.1 Å². The van der Waals surface area contributed by atoms with Gasteiger partial charge in [0.15, 0.2) is 0 Å². The lowest BCUT2D eigenvalue weighted by Crippen LogP contribution is -2.52. The number of carbonyl (C=O) groups excluding carboxylic acids is 1. The summed E-state index contributed by atoms with van der Waals surface area (Å²) in [5.74, 6) is 0.175. The van der Waals surface area contributed by atoms with E-state index in [2.05, 4.69) is 0 Å². The second kappa shape index (κ2) is 7.38. The Morgan fingerprint density at radius 3 is 2.86 bits per heavy atom. The number of halogens is 1. The summed E-state index contributed by atoms with van der Waals surface area (Å²) in [6.07, 6.45) is -0.0805. The van der Waals surface area contributed by atoms with Gasteiger partial charge in [-0.25, -0.2) is 4.39 Å². The van der Waals surface area contributed by atoms with E-state index in [0.717, 1.165) is 0 Å². The number of carbonyl (C=O) groups is 1. The highest BCUT2D eigenvalue weighted by molar-refractivity contribution is 5.76. The number of morpholine rings is 1. The normalized spacial score (nSPS) is 22.1. The average Bonchev–Trinajstić information content (AvgIpc) is 2.49. The molecule has 0 aliphatic carbocycles. The quantitative estimate of drug-likeness (QED) is 0.887. The zero-order valence-electron chi connectivity index (χ0n) is 12.0. The van der Waals surface area contributed by atoms with Crippen LogP contribution in [0.2, 0.25) is 0 Å². The smallest absolute Gasteiger partial charge is 0.226 e. The van der Waals surface area contributed by atoms with Gasteiger partial charge in [-0.15, -0.1) is 0 Å². The molecular weight excluding hydrogens is 277 g/mol. The Morgan fingerprint density at radius 2 is 2.19 bits per heavy atom. The van der Waals surface area contributed by atoms with Gasteiger partial charge in [-0.2, -0.15) is 0 Å². The van der Waals surface area contributed by atoms with Gasteiger partial charge in [0.25, 0.3) is 0 Å². The third kappa shape index (κ3) is 4.41. The molecule has 1 saturated heterocycles. The molecule has 0 saturated carbocycles. The van der Waals surface area contributed by atoms with Gasteiger partial charge in [-0.05, 0) is 31.2 Å². The molecule has 0 radical (unpaired) electrons. The van der Waals surface area contributed by atoms with Crippen LogP contribution in [0, 0.1) is 5.82 Å². The van der Waals surface area contributed by atoms with Crippen LogP contribution in [0.25, 0.3) is 0 Å². The van der Waals surface area contributed by atoms with Crippen LogP contribution in [0.5, 0.6) is 5.75 Å². The summed E-state index contributed by atoms with van der Waals surface area (Å²) in [4.78, 5) is 13.9. The van der Waals surface area contributed by atoms with Gasteiger partial charge in [0.1, 0.15) is 11.6 Å². The van der Waals surface area contributed by atoms with E-state index in [1.165, 1.54) is 24.3 Å². The topological polar surface area (TPSA) is 59.0 Å². The molecule has 2 unspecified atom stereocenters. The Balaban J connectivity index is 1.79. The lowest BCUT2D eigenvalue weighted by Gasteiger charge is -2.37. The van der Waals surface area contributed by atoms with Crippen molar-refractivity contribution in [3.8, 4) is 5.75 Å². The first-order valence-corrected chi connectivity index (χ1v) is 7.00. The molecule has 1 aliphatic heterocycles. The molecule has 5 nitrogen and oxygen atoms in total. The second-order valence-electron chi connectivity index (χ2n) is 5.09. The van der Waals surface area contributed by atoms with E-state index >= 15 is 0 Å². The predicted molar refractivity (Wildman–Crippen MR) is 74.5 cm³/mol. The maximum Gasteiger partial charge on any atom is 0.226 e. The third-order valence-corrected chi connectivity index (χ3v) is 3.43. The summed E-state index contributed by atoms with van der Waals surface area (Å²) in [6.45, 7) is 2.87. The lowest BCUT2D eigenvalue weighted by atomic mass is 10.2. The summed E-state index contributed by atoms with van der Waals surface area (Å²) in [5, 5.41) is 9.11. The monoisotopic (exact) mass is 297 g/mol. The molecule has 1 aliphatic rings. The van der Waals surface area contributed by atoms with Crippen LogP contribution in [0.15, 0.2) is 24.3 Å². The van der Waals surface area contributed by atoms with Crippen molar-refractivity contribution in [2.75, 3.05) is 26.4 Å². The zero-order valence-corrected chi connectivity index (χ0v) is 12.0. The van der Waals surface area contributed by atoms with E-state index in [1.54, 1.807) is 4.90 Å². The van der Waals surface area contributed by atoms with Crippen molar-refractivity contribution >= 4 is 5.91 Å². The maximum absolute atomic E-state index is 12.7. The SMILES string of the molecule is CC1COC(CO)CN1C(=O)CCOc1ccc(F)cc1.